The highest BCUT2D eigenvalue weighted by atomic mass is 32.2. The molecule has 0 saturated carbocycles. The maximum Gasteiger partial charge on any atom is 0.264 e. The highest BCUT2D eigenvalue weighted by molar-refractivity contribution is 7.92. The van der Waals surface area contributed by atoms with Crippen LogP contribution in [-0.4, -0.2) is 23.1 Å². The van der Waals surface area contributed by atoms with E-state index in [0.717, 1.165) is 23.9 Å². The summed E-state index contributed by atoms with van der Waals surface area (Å²) in [6.07, 6.45) is 0. The Morgan fingerprint density at radius 3 is 2.59 bits per heavy atom. The second-order valence-corrected chi connectivity index (χ2v) is 8.19. The fraction of sp³-hybridized carbons (Fsp3) is 0. The van der Waals surface area contributed by atoms with E-state index in [2.05, 4.69) is 18.8 Å². The summed E-state index contributed by atoms with van der Waals surface area (Å²) in [6, 6.07) is 16.2. The summed E-state index contributed by atoms with van der Waals surface area (Å²) in [6.45, 7) is 0. The first-order valence-corrected chi connectivity index (χ1v) is 10.6. The van der Waals surface area contributed by atoms with E-state index in [1.807, 2.05) is 0 Å². The fourth-order valence-electron chi connectivity index (χ4n) is 2.70. The largest absolute Gasteiger partial charge is 0.320 e. The van der Waals surface area contributed by atoms with Gasteiger partial charge in [-0.3, -0.25) is 9.52 Å². The van der Waals surface area contributed by atoms with Crippen molar-refractivity contribution in [1.82, 2.24) is 8.75 Å². The number of hydrogen-bond acceptors (Lipinski definition) is 6. The molecule has 0 aliphatic heterocycles. The molecule has 7 nitrogen and oxygen atoms in total. The van der Waals surface area contributed by atoms with Crippen molar-refractivity contribution in [3.05, 3.63) is 78.1 Å². The lowest BCUT2D eigenvalue weighted by atomic mass is 10.2. The third-order valence-corrected chi connectivity index (χ3v) is 5.99. The maximum absolute atomic E-state index is 13.8. The van der Waals surface area contributed by atoms with Gasteiger partial charge in [-0.1, -0.05) is 24.3 Å². The molecular weight excluding hydrogens is 415 g/mol. The number of nitrogens with one attached hydrogen (secondary N) is 2. The van der Waals surface area contributed by atoms with E-state index in [4.69, 9.17) is 0 Å². The highest BCUT2D eigenvalue weighted by Gasteiger charge is 2.19. The third kappa shape index (κ3) is 3.93. The van der Waals surface area contributed by atoms with Gasteiger partial charge in [-0.05, 0) is 42.5 Å². The smallest absolute Gasteiger partial charge is 0.264 e. The minimum atomic E-state index is -4.14. The molecule has 2 N–H and O–H groups in total. The van der Waals surface area contributed by atoms with Crippen LogP contribution in [-0.2, 0) is 10.0 Å². The number of amides is 1. The lowest BCUT2D eigenvalue weighted by molar-refractivity contribution is 0.102. The van der Waals surface area contributed by atoms with E-state index in [1.165, 1.54) is 36.4 Å². The van der Waals surface area contributed by atoms with E-state index in [-0.39, 0.29) is 11.3 Å². The zero-order chi connectivity index (χ0) is 20.4. The van der Waals surface area contributed by atoms with Gasteiger partial charge in [0.2, 0.25) is 0 Å². The van der Waals surface area contributed by atoms with Gasteiger partial charge in [0.25, 0.3) is 15.9 Å². The first kappa shape index (κ1) is 19.0. The molecule has 4 rings (SSSR count). The van der Waals surface area contributed by atoms with Crippen molar-refractivity contribution >= 4 is 50.1 Å². The van der Waals surface area contributed by atoms with E-state index in [1.54, 1.807) is 18.2 Å². The molecule has 0 spiro atoms. The number of fused-ring (bicyclic) bond motifs is 1. The Bertz CT molecular complexity index is 1320. The molecule has 0 bridgehead atoms. The molecule has 0 saturated heterocycles. The van der Waals surface area contributed by atoms with Crippen LogP contribution in [0, 0.1) is 5.82 Å². The van der Waals surface area contributed by atoms with Crippen molar-refractivity contribution in [2.45, 2.75) is 4.90 Å². The summed E-state index contributed by atoms with van der Waals surface area (Å²) < 4.78 is 49.3. The minimum absolute atomic E-state index is 0.134. The average molecular weight is 428 g/mol. The van der Waals surface area contributed by atoms with Crippen molar-refractivity contribution in [3.8, 4) is 0 Å². The van der Waals surface area contributed by atoms with Gasteiger partial charge in [0.1, 0.15) is 21.7 Å². The first-order chi connectivity index (χ1) is 13.9. The van der Waals surface area contributed by atoms with Crippen molar-refractivity contribution in [2.24, 2.45) is 0 Å². The van der Waals surface area contributed by atoms with Crippen molar-refractivity contribution in [2.75, 3.05) is 10.0 Å². The average Bonchev–Trinajstić information content (AvgIpc) is 3.18. The molecule has 4 aromatic rings. The van der Waals surface area contributed by atoms with Crippen molar-refractivity contribution in [1.29, 1.82) is 0 Å². The van der Waals surface area contributed by atoms with Crippen LogP contribution in [0.25, 0.3) is 11.0 Å². The van der Waals surface area contributed by atoms with E-state index < -0.39 is 26.6 Å². The van der Waals surface area contributed by atoms with Gasteiger partial charge in [0, 0.05) is 11.3 Å². The first-order valence-electron chi connectivity index (χ1n) is 8.34. The van der Waals surface area contributed by atoms with Gasteiger partial charge in [0.05, 0.1) is 17.4 Å². The van der Waals surface area contributed by atoms with Gasteiger partial charge in [-0.25, -0.2) is 12.8 Å². The molecule has 0 fully saturated rings. The Morgan fingerprint density at radius 2 is 1.76 bits per heavy atom. The van der Waals surface area contributed by atoms with Crippen molar-refractivity contribution < 1.29 is 17.6 Å². The molecule has 0 unspecified atom stereocenters. The molecule has 1 amide bonds. The monoisotopic (exact) mass is 428 g/mol. The fourth-order valence-corrected chi connectivity index (χ4v) is 4.38. The SMILES string of the molecule is O=C(Nc1cccc2nsnc12)c1cccc(NS(=O)(=O)c2ccccc2F)c1. The molecule has 146 valence electrons. The Labute approximate surface area is 169 Å². The maximum atomic E-state index is 13.8. The number of benzene rings is 3. The van der Waals surface area contributed by atoms with Crippen LogP contribution in [0.1, 0.15) is 10.4 Å². The number of aromatic nitrogens is 2. The number of hydrogen-bond donors (Lipinski definition) is 2. The topological polar surface area (TPSA) is 101 Å². The Hall–Kier alpha value is -3.37. The molecule has 1 heterocycles. The quantitative estimate of drug-likeness (QED) is 0.502. The number of nitrogens with zero attached hydrogens (tertiary/aromatic N) is 2. The predicted octanol–water partition coefficient (Wildman–Crippen LogP) is 3.88. The lowest BCUT2D eigenvalue weighted by Gasteiger charge is -2.10. The summed E-state index contributed by atoms with van der Waals surface area (Å²) in [5.74, 6) is -1.31. The zero-order valence-corrected chi connectivity index (χ0v) is 16.3. The van der Waals surface area contributed by atoms with Gasteiger partial charge < -0.3 is 5.32 Å². The lowest BCUT2D eigenvalue weighted by Crippen LogP contribution is -2.16. The molecule has 1 aromatic heterocycles. The summed E-state index contributed by atoms with van der Waals surface area (Å²) in [5.41, 5.74) is 2.09. The van der Waals surface area contributed by atoms with E-state index >= 15 is 0 Å². The number of carbonyl (C=O) groups excluding carboxylic acids is 1. The molecule has 0 radical (unpaired) electrons. The summed E-state index contributed by atoms with van der Waals surface area (Å²) in [7, 11) is -4.14. The predicted molar refractivity (Wildman–Crippen MR) is 109 cm³/mol. The zero-order valence-electron chi connectivity index (χ0n) is 14.7. The molecule has 29 heavy (non-hydrogen) atoms. The van der Waals surface area contributed by atoms with Crippen LogP contribution in [0.5, 0.6) is 0 Å². The van der Waals surface area contributed by atoms with Crippen LogP contribution in [0.15, 0.2) is 71.6 Å². The molecule has 0 aliphatic carbocycles. The summed E-state index contributed by atoms with van der Waals surface area (Å²) >= 11 is 1.04. The second-order valence-electron chi connectivity index (χ2n) is 6.01. The number of carbonyl (C=O) groups is 1. The second kappa shape index (κ2) is 7.57. The minimum Gasteiger partial charge on any atom is -0.320 e. The Kier molecular flexibility index (Phi) is 4.95. The number of sulfonamides is 1. The molecule has 0 aliphatic rings. The number of rotatable bonds is 5. The standard InChI is InChI=1S/C19H13FN4O3S2/c20-14-7-1-2-10-17(14)29(26,27)24-13-6-3-5-12(11-13)19(25)21-15-8-4-9-16-18(15)23-28-22-16/h1-11,24H,(H,21,25). The van der Waals surface area contributed by atoms with Crippen LogP contribution in [0.2, 0.25) is 0 Å². The van der Waals surface area contributed by atoms with E-state index in [0.29, 0.717) is 16.7 Å². The Balaban J connectivity index is 1.58. The molecule has 0 atom stereocenters. The van der Waals surface area contributed by atoms with E-state index in [9.17, 15) is 17.6 Å². The van der Waals surface area contributed by atoms with Crippen LogP contribution in [0.4, 0.5) is 15.8 Å². The number of anilines is 2. The third-order valence-electron chi connectivity index (χ3n) is 4.04. The van der Waals surface area contributed by atoms with Gasteiger partial charge in [0.15, 0.2) is 0 Å². The van der Waals surface area contributed by atoms with Crippen molar-refractivity contribution in [3.63, 3.8) is 0 Å². The number of halogens is 1. The van der Waals surface area contributed by atoms with Gasteiger partial charge in [-0.2, -0.15) is 8.75 Å². The Morgan fingerprint density at radius 1 is 0.966 bits per heavy atom. The normalized spacial score (nSPS) is 11.3. The van der Waals surface area contributed by atoms with Crippen LogP contribution in [0.3, 0.4) is 0 Å². The molecule has 3 aromatic carbocycles. The molecular formula is C19H13FN4O3S2. The summed E-state index contributed by atoms with van der Waals surface area (Å²) in [5, 5.41) is 2.75. The van der Waals surface area contributed by atoms with Gasteiger partial charge in [-0.15, -0.1) is 0 Å². The van der Waals surface area contributed by atoms with Gasteiger partial charge >= 0.3 is 0 Å². The summed E-state index contributed by atoms with van der Waals surface area (Å²) in [4.78, 5) is 12.2. The van der Waals surface area contributed by atoms with Crippen LogP contribution < -0.4 is 10.0 Å². The highest BCUT2D eigenvalue weighted by Crippen LogP contribution is 2.23. The molecule has 10 heteroatoms. The van der Waals surface area contributed by atoms with Crippen LogP contribution >= 0.6 is 11.7 Å².